The maximum absolute atomic E-state index is 6.85. The highest BCUT2D eigenvalue weighted by molar-refractivity contribution is 6.09. The zero-order valence-corrected chi connectivity index (χ0v) is 42.6. The third kappa shape index (κ3) is 9.01. The van der Waals surface area contributed by atoms with Gasteiger partial charge in [-0.15, -0.1) is 5.10 Å². The Bertz CT molecular complexity index is 3260. The van der Waals surface area contributed by atoms with Gasteiger partial charge in [0, 0.05) is 34.0 Å². The molecular formula is C62H67N5O. The summed E-state index contributed by atoms with van der Waals surface area (Å²) in [4.78, 5) is 4.98. The van der Waals surface area contributed by atoms with E-state index < -0.39 is 0 Å². The van der Waals surface area contributed by atoms with Crippen LogP contribution >= 0.6 is 0 Å². The van der Waals surface area contributed by atoms with Crippen molar-refractivity contribution in [1.82, 2.24) is 19.2 Å². The largest absolute Gasteiger partial charge is 0.458 e. The lowest BCUT2D eigenvalue weighted by Crippen LogP contribution is -2.34. The minimum Gasteiger partial charge on any atom is -0.458 e. The molecule has 346 valence electrons. The monoisotopic (exact) mass is 898 g/mol. The predicted octanol–water partition coefficient (Wildman–Crippen LogP) is 15.4. The van der Waals surface area contributed by atoms with Gasteiger partial charge in [-0.1, -0.05) is 194 Å². The van der Waals surface area contributed by atoms with E-state index in [0.29, 0.717) is 5.75 Å². The standard InChI is InChI=1S/C62H67N5O/c1-58(2,3)44-31-41(32-45(33-44)59(4,5)6)57-64-66(49-35-46(60(7,8)9)34-47(36-49)61(10,11)12)40-65(57)48-23-20-24-50(38-48)68-51-27-28-53-52-25-18-19-26-54(52)67(55(53)39-51)56-37-43(29-30-63-56)62(13,14)42-21-16-15-17-22-42/h15-39H,1-14H3. The van der Waals surface area contributed by atoms with Gasteiger partial charge in [-0.2, -0.15) is 4.68 Å². The van der Waals surface area contributed by atoms with Crippen molar-refractivity contribution in [3.05, 3.63) is 191 Å². The van der Waals surface area contributed by atoms with Gasteiger partial charge in [-0.05, 0) is 97.5 Å². The Morgan fingerprint density at radius 3 is 1.68 bits per heavy atom. The Morgan fingerprint density at radius 2 is 1.04 bits per heavy atom. The van der Waals surface area contributed by atoms with Crippen LogP contribution in [0.5, 0.6) is 11.5 Å². The van der Waals surface area contributed by atoms with Gasteiger partial charge in [-0.25, -0.2) is 4.98 Å². The van der Waals surface area contributed by atoms with Crippen LogP contribution in [0.2, 0.25) is 0 Å². The van der Waals surface area contributed by atoms with Crippen molar-refractivity contribution in [2.75, 3.05) is 0 Å². The van der Waals surface area contributed by atoms with Gasteiger partial charge in [0.05, 0.1) is 22.4 Å². The number of ether oxygens (including phenoxy) is 1. The second-order valence-corrected chi connectivity index (χ2v) is 23.3. The van der Waals surface area contributed by atoms with Crippen LogP contribution in [0, 0.1) is 6.33 Å². The zero-order chi connectivity index (χ0) is 48.6. The number of hydrogen-bond acceptors (Lipinski definition) is 3. The molecule has 68 heavy (non-hydrogen) atoms. The summed E-state index contributed by atoms with van der Waals surface area (Å²) in [6.07, 6.45) is 5.66. The summed E-state index contributed by atoms with van der Waals surface area (Å²) in [6.45, 7) is 31.9. The fraction of sp³-hybridized carbons (Fsp3) is 0.306. The summed E-state index contributed by atoms with van der Waals surface area (Å²) in [6, 6.07) is 52.1. The van der Waals surface area contributed by atoms with E-state index in [4.69, 9.17) is 14.8 Å². The van der Waals surface area contributed by atoms with Crippen LogP contribution in [0.4, 0.5) is 0 Å². The predicted molar refractivity (Wildman–Crippen MR) is 281 cm³/mol. The lowest BCUT2D eigenvalue weighted by Gasteiger charge is -2.26. The summed E-state index contributed by atoms with van der Waals surface area (Å²) >= 11 is 0. The minimum atomic E-state index is -0.223. The zero-order valence-electron chi connectivity index (χ0n) is 42.6. The first-order chi connectivity index (χ1) is 31.9. The second-order valence-electron chi connectivity index (χ2n) is 23.3. The van der Waals surface area contributed by atoms with E-state index in [0.717, 1.165) is 56.1 Å². The Balaban J connectivity index is 1.17. The fourth-order valence-corrected chi connectivity index (χ4v) is 9.04. The number of hydrogen-bond donors (Lipinski definition) is 0. The third-order valence-corrected chi connectivity index (χ3v) is 13.6. The first kappa shape index (κ1) is 46.3. The lowest BCUT2D eigenvalue weighted by molar-refractivity contribution is -0.660. The molecule has 9 rings (SSSR count). The van der Waals surface area contributed by atoms with E-state index in [2.05, 4.69) is 252 Å². The lowest BCUT2D eigenvalue weighted by atomic mass is 9.78. The van der Waals surface area contributed by atoms with E-state index in [-0.39, 0.29) is 27.1 Å². The van der Waals surface area contributed by atoms with Crippen molar-refractivity contribution < 1.29 is 9.42 Å². The Labute approximate surface area is 404 Å². The van der Waals surface area contributed by atoms with Gasteiger partial charge in [0.1, 0.15) is 17.3 Å². The van der Waals surface area contributed by atoms with Crippen molar-refractivity contribution in [3.63, 3.8) is 0 Å². The molecule has 0 aliphatic heterocycles. The van der Waals surface area contributed by atoms with Crippen LogP contribution in [0.3, 0.4) is 0 Å². The molecule has 0 N–H and O–H groups in total. The molecular weight excluding hydrogens is 831 g/mol. The highest BCUT2D eigenvalue weighted by Crippen LogP contribution is 2.39. The van der Waals surface area contributed by atoms with Gasteiger partial charge in [0.2, 0.25) is 0 Å². The summed E-state index contributed by atoms with van der Waals surface area (Å²) in [5.74, 6) is 3.10. The van der Waals surface area contributed by atoms with E-state index in [1.165, 1.54) is 33.4 Å². The minimum absolute atomic E-state index is 0.0620. The van der Waals surface area contributed by atoms with Crippen LogP contribution < -0.4 is 9.42 Å². The summed E-state index contributed by atoms with van der Waals surface area (Å²) in [5.41, 5.74) is 12.0. The van der Waals surface area contributed by atoms with E-state index >= 15 is 0 Å². The molecule has 0 saturated carbocycles. The van der Waals surface area contributed by atoms with E-state index in [1.807, 2.05) is 16.9 Å². The number of aromatic nitrogens is 5. The third-order valence-electron chi connectivity index (χ3n) is 13.6. The van der Waals surface area contributed by atoms with Crippen LogP contribution in [0.1, 0.15) is 130 Å². The molecule has 6 heteroatoms. The van der Waals surface area contributed by atoms with Crippen molar-refractivity contribution >= 4 is 21.8 Å². The number of pyridine rings is 1. The summed E-state index contributed by atoms with van der Waals surface area (Å²) in [5, 5.41) is 7.74. The SMILES string of the molecule is CC(C)(C)c1cc(-c2n[n+](-c3cc(C(C)(C)C)cc(C(C)(C)C)c3)[c-]n2-c2cccc(Oc3ccc4c5ccccc5n(-c5cc(C(C)(C)c6ccccc6)ccn5)c4c3)c2)cc(C(C)(C)C)c1. The molecule has 6 nitrogen and oxygen atoms in total. The number of rotatable bonds is 8. The van der Waals surface area contributed by atoms with E-state index in [9.17, 15) is 0 Å². The van der Waals surface area contributed by atoms with E-state index in [1.54, 1.807) is 0 Å². The maximum Gasteiger partial charge on any atom is 0.273 e. The van der Waals surface area contributed by atoms with Gasteiger partial charge in [-0.3, -0.25) is 9.13 Å². The van der Waals surface area contributed by atoms with Gasteiger partial charge in [0.15, 0.2) is 5.82 Å². The fourth-order valence-electron chi connectivity index (χ4n) is 9.04. The number of fused-ring (bicyclic) bond motifs is 3. The normalized spacial score (nSPS) is 12.9. The molecule has 3 heterocycles. The molecule has 0 unspecified atom stereocenters. The molecule has 0 atom stereocenters. The summed E-state index contributed by atoms with van der Waals surface area (Å²) < 4.78 is 13.1. The Morgan fingerprint density at radius 1 is 0.471 bits per heavy atom. The van der Waals surface area contributed by atoms with Crippen molar-refractivity contribution in [1.29, 1.82) is 0 Å². The molecule has 6 aromatic carbocycles. The highest BCUT2D eigenvalue weighted by Gasteiger charge is 2.27. The molecule has 0 bridgehead atoms. The first-order valence-electron chi connectivity index (χ1n) is 24.1. The quantitative estimate of drug-likeness (QED) is 0.113. The van der Waals surface area contributed by atoms with Crippen molar-refractivity contribution in [2.45, 2.75) is 124 Å². The second kappa shape index (κ2) is 16.8. The van der Waals surface area contributed by atoms with Gasteiger partial charge >= 0.3 is 0 Å². The number of nitrogens with zero attached hydrogens (tertiary/aromatic N) is 5. The Hall–Kier alpha value is -6.79. The molecule has 9 aromatic rings. The van der Waals surface area contributed by atoms with Crippen LogP contribution in [-0.2, 0) is 27.1 Å². The highest BCUT2D eigenvalue weighted by atomic mass is 16.5. The topological polar surface area (TPSA) is 48.8 Å². The first-order valence-corrected chi connectivity index (χ1v) is 24.1. The maximum atomic E-state index is 6.85. The average Bonchev–Trinajstić information content (AvgIpc) is 3.88. The molecule has 0 saturated heterocycles. The van der Waals surface area contributed by atoms with Crippen molar-refractivity contribution in [2.24, 2.45) is 0 Å². The molecule has 0 amide bonds. The van der Waals surface area contributed by atoms with Crippen LogP contribution in [0.15, 0.2) is 152 Å². The number of benzene rings is 6. The molecule has 0 radical (unpaired) electrons. The molecule has 0 fully saturated rings. The Kier molecular flexibility index (Phi) is 11.4. The molecule has 3 aromatic heterocycles. The smallest absolute Gasteiger partial charge is 0.273 e. The van der Waals surface area contributed by atoms with Crippen LogP contribution in [-0.4, -0.2) is 19.2 Å². The molecule has 0 aliphatic carbocycles. The summed E-state index contributed by atoms with van der Waals surface area (Å²) in [7, 11) is 0. The van der Waals surface area contributed by atoms with Crippen molar-refractivity contribution in [3.8, 4) is 40.1 Å². The van der Waals surface area contributed by atoms with Crippen LogP contribution in [0.25, 0.3) is 50.4 Å². The molecule has 0 aliphatic rings. The average molecular weight is 898 g/mol. The number of para-hydroxylation sites is 1. The molecule has 0 spiro atoms. The van der Waals surface area contributed by atoms with Gasteiger partial charge < -0.3 is 4.74 Å². The van der Waals surface area contributed by atoms with Gasteiger partial charge in [0.25, 0.3) is 6.33 Å².